The molecule has 3 rings (SSSR count). The van der Waals surface area contributed by atoms with Crippen LogP contribution in [0.4, 0.5) is 11.4 Å². The van der Waals surface area contributed by atoms with Crippen LogP contribution >= 0.6 is 11.6 Å². The number of non-ortho nitro benzene ring substituents is 1. The lowest BCUT2D eigenvalue weighted by Crippen LogP contribution is -2.15. The quantitative estimate of drug-likeness (QED) is 0.240. The van der Waals surface area contributed by atoms with E-state index >= 15 is 0 Å². The number of anilines is 1. The van der Waals surface area contributed by atoms with Gasteiger partial charge in [0.25, 0.3) is 5.69 Å². The average molecular weight is 455 g/mol. The fraction of sp³-hybridized carbons (Fsp3) is 0.167. The molecule has 0 aliphatic heterocycles. The number of aliphatic carboxylic acids is 1. The highest BCUT2D eigenvalue weighted by molar-refractivity contribution is 6.30. The van der Waals surface area contributed by atoms with Gasteiger partial charge in [-0.1, -0.05) is 48.9 Å². The molecule has 166 valence electrons. The van der Waals surface area contributed by atoms with E-state index in [1.807, 2.05) is 30.3 Å². The zero-order chi connectivity index (χ0) is 23.5. The minimum atomic E-state index is -0.745. The lowest BCUT2D eigenvalue weighted by atomic mass is 9.97. The summed E-state index contributed by atoms with van der Waals surface area (Å²) in [6.07, 6.45) is 0.461. The van der Waals surface area contributed by atoms with Crippen LogP contribution in [0.3, 0.4) is 0 Å². The van der Waals surface area contributed by atoms with E-state index in [0.29, 0.717) is 16.3 Å². The Morgan fingerprint density at radius 3 is 2.06 bits per heavy atom. The Labute approximate surface area is 190 Å². The van der Waals surface area contributed by atoms with Crippen LogP contribution in [-0.2, 0) is 4.79 Å². The van der Waals surface area contributed by atoms with Gasteiger partial charge in [0, 0.05) is 41.2 Å². The number of carboxylic acid groups (broad SMARTS) is 1. The summed E-state index contributed by atoms with van der Waals surface area (Å²) >= 11 is 5.89. The molecule has 32 heavy (non-hydrogen) atoms. The van der Waals surface area contributed by atoms with Crippen LogP contribution in [0.5, 0.6) is 0 Å². The standard InChI is InChI=1S/C21H17ClN2O3.C3H6O2/c22-17-8-6-16(7-9-17)21(25)14-20(15-4-2-1-3-5-15)23-18-10-12-19(13-11-18)24(26)27;1-2-3(4)5/h1-13,20,23H,14H2;2H2,1H3,(H,4,5). The maximum atomic E-state index is 12.7. The summed E-state index contributed by atoms with van der Waals surface area (Å²) in [7, 11) is 0. The van der Waals surface area contributed by atoms with Crippen molar-refractivity contribution < 1.29 is 19.6 Å². The van der Waals surface area contributed by atoms with Gasteiger partial charge in [-0.15, -0.1) is 0 Å². The van der Waals surface area contributed by atoms with Crippen LogP contribution in [0.2, 0.25) is 5.02 Å². The van der Waals surface area contributed by atoms with Gasteiger partial charge in [-0.2, -0.15) is 0 Å². The molecule has 0 amide bonds. The molecule has 2 N–H and O–H groups in total. The Morgan fingerprint density at radius 1 is 1.00 bits per heavy atom. The summed E-state index contributed by atoms with van der Waals surface area (Å²) in [6.45, 7) is 1.60. The van der Waals surface area contributed by atoms with Gasteiger partial charge in [0.05, 0.1) is 11.0 Å². The number of carbonyl (C=O) groups is 2. The van der Waals surface area contributed by atoms with E-state index in [4.69, 9.17) is 16.7 Å². The molecule has 0 aromatic heterocycles. The molecule has 7 nitrogen and oxygen atoms in total. The Kier molecular flexibility index (Phi) is 9.38. The third-order valence-corrected chi connectivity index (χ3v) is 4.73. The molecular formula is C24H23ClN2O5. The zero-order valence-electron chi connectivity index (χ0n) is 17.4. The predicted molar refractivity (Wildman–Crippen MR) is 124 cm³/mol. The molecule has 0 aliphatic carbocycles. The average Bonchev–Trinajstić information content (AvgIpc) is 2.80. The van der Waals surface area contributed by atoms with Crippen molar-refractivity contribution in [1.82, 2.24) is 0 Å². The summed E-state index contributed by atoms with van der Waals surface area (Å²) in [5.41, 5.74) is 2.27. The number of Topliss-reactive ketones (excluding diaryl/α,β-unsaturated/α-hetero) is 1. The van der Waals surface area contributed by atoms with Crippen molar-refractivity contribution >= 4 is 34.7 Å². The number of carboxylic acids is 1. The number of halogens is 1. The predicted octanol–water partition coefficient (Wildman–Crippen LogP) is 6.16. The van der Waals surface area contributed by atoms with Crippen molar-refractivity contribution in [1.29, 1.82) is 0 Å². The summed E-state index contributed by atoms with van der Waals surface area (Å²) < 4.78 is 0. The molecule has 0 spiro atoms. The minimum absolute atomic E-state index is 0.0186. The van der Waals surface area contributed by atoms with Crippen molar-refractivity contribution in [2.24, 2.45) is 0 Å². The normalized spacial score (nSPS) is 10.9. The lowest BCUT2D eigenvalue weighted by molar-refractivity contribution is -0.384. The third-order valence-electron chi connectivity index (χ3n) is 4.48. The van der Waals surface area contributed by atoms with Gasteiger partial charge in [0.1, 0.15) is 0 Å². The molecule has 3 aromatic rings. The molecule has 3 aromatic carbocycles. The number of nitro groups is 1. The maximum Gasteiger partial charge on any atom is 0.303 e. The molecule has 0 fully saturated rings. The van der Waals surface area contributed by atoms with Gasteiger partial charge in [-0.05, 0) is 42.0 Å². The largest absolute Gasteiger partial charge is 0.481 e. The number of benzene rings is 3. The lowest BCUT2D eigenvalue weighted by Gasteiger charge is -2.20. The summed E-state index contributed by atoms with van der Waals surface area (Å²) in [4.78, 5) is 32.4. The van der Waals surface area contributed by atoms with Crippen molar-refractivity contribution in [2.75, 3.05) is 5.32 Å². The zero-order valence-corrected chi connectivity index (χ0v) is 18.2. The second-order valence-corrected chi connectivity index (χ2v) is 7.23. The van der Waals surface area contributed by atoms with Gasteiger partial charge in [0.15, 0.2) is 5.78 Å². The molecular weight excluding hydrogens is 432 g/mol. The molecule has 0 heterocycles. The number of rotatable bonds is 8. The van der Waals surface area contributed by atoms with E-state index in [1.165, 1.54) is 12.1 Å². The van der Waals surface area contributed by atoms with Crippen molar-refractivity contribution in [3.63, 3.8) is 0 Å². The first-order valence-electron chi connectivity index (χ1n) is 9.86. The highest BCUT2D eigenvalue weighted by atomic mass is 35.5. The van der Waals surface area contributed by atoms with Crippen molar-refractivity contribution in [3.8, 4) is 0 Å². The molecule has 0 radical (unpaired) electrons. The number of nitro benzene ring substituents is 1. The third kappa shape index (κ3) is 7.85. The van der Waals surface area contributed by atoms with E-state index in [9.17, 15) is 19.7 Å². The molecule has 0 saturated heterocycles. The SMILES string of the molecule is CCC(=O)O.O=C(CC(Nc1ccc([N+](=O)[O-])cc1)c1ccccc1)c1ccc(Cl)cc1. The van der Waals surface area contributed by atoms with Crippen LogP contribution in [0.1, 0.15) is 41.7 Å². The molecule has 1 atom stereocenters. The molecule has 0 saturated carbocycles. The number of nitrogens with zero attached hydrogens (tertiary/aromatic N) is 1. The van der Waals surface area contributed by atoms with Crippen LogP contribution in [0.15, 0.2) is 78.9 Å². The highest BCUT2D eigenvalue weighted by Crippen LogP contribution is 2.26. The van der Waals surface area contributed by atoms with E-state index in [1.54, 1.807) is 43.3 Å². The highest BCUT2D eigenvalue weighted by Gasteiger charge is 2.18. The van der Waals surface area contributed by atoms with Gasteiger partial charge in [-0.3, -0.25) is 19.7 Å². The summed E-state index contributed by atoms with van der Waals surface area (Å²) in [5, 5.41) is 22.4. The topological polar surface area (TPSA) is 110 Å². The van der Waals surface area contributed by atoms with Gasteiger partial charge < -0.3 is 10.4 Å². The first-order valence-corrected chi connectivity index (χ1v) is 10.2. The molecule has 8 heteroatoms. The summed E-state index contributed by atoms with van der Waals surface area (Å²) in [5.74, 6) is -0.764. The van der Waals surface area contributed by atoms with E-state index in [-0.39, 0.29) is 30.4 Å². The van der Waals surface area contributed by atoms with Gasteiger partial charge in [0.2, 0.25) is 0 Å². The maximum absolute atomic E-state index is 12.7. The fourth-order valence-electron chi connectivity index (χ4n) is 2.76. The van der Waals surface area contributed by atoms with Gasteiger partial charge >= 0.3 is 5.97 Å². The fourth-order valence-corrected chi connectivity index (χ4v) is 2.88. The van der Waals surface area contributed by atoms with Crippen molar-refractivity contribution in [2.45, 2.75) is 25.8 Å². The first-order chi connectivity index (χ1) is 15.3. The number of ketones is 1. The van der Waals surface area contributed by atoms with Crippen LogP contribution in [-0.4, -0.2) is 21.8 Å². The molecule has 0 aliphatic rings. The second kappa shape index (κ2) is 12.2. The minimum Gasteiger partial charge on any atom is -0.481 e. The number of hydrogen-bond acceptors (Lipinski definition) is 5. The second-order valence-electron chi connectivity index (χ2n) is 6.79. The molecule has 1 unspecified atom stereocenters. The van der Waals surface area contributed by atoms with E-state index in [2.05, 4.69) is 5.32 Å². The number of hydrogen-bond donors (Lipinski definition) is 2. The number of carbonyl (C=O) groups excluding carboxylic acids is 1. The monoisotopic (exact) mass is 454 g/mol. The van der Waals surface area contributed by atoms with Gasteiger partial charge in [-0.25, -0.2) is 0 Å². The van der Waals surface area contributed by atoms with E-state index < -0.39 is 10.9 Å². The number of nitrogens with one attached hydrogen (secondary N) is 1. The van der Waals surface area contributed by atoms with Crippen LogP contribution in [0, 0.1) is 10.1 Å². The Bertz CT molecular complexity index is 1040. The van der Waals surface area contributed by atoms with Crippen LogP contribution in [0.25, 0.3) is 0 Å². The Balaban J connectivity index is 0.000000654. The Morgan fingerprint density at radius 2 is 1.56 bits per heavy atom. The Hall–Kier alpha value is -3.71. The van der Waals surface area contributed by atoms with Crippen LogP contribution < -0.4 is 5.32 Å². The first kappa shape index (κ1) is 24.6. The van der Waals surface area contributed by atoms with Crippen molar-refractivity contribution in [3.05, 3.63) is 105 Å². The smallest absolute Gasteiger partial charge is 0.303 e. The molecule has 0 bridgehead atoms. The van der Waals surface area contributed by atoms with E-state index in [0.717, 1.165) is 5.56 Å². The summed E-state index contributed by atoms with van der Waals surface area (Å²) in [6, 6.07) is 22.3.